The summed E-state index contributed by atoms with van der Waals surface area (Å²) in [5, 5.41) is 10.8. The van der Waals surface area contributed by atoms with Crippen molar-refractivity contribution in [3.8, 4) is 0 Å². The monoisotopic (exact) mass is 354 g/mol. The quantitative estimate of drug-likeness (QED) is 0.878. The Balaban J connectivity index is 1.76. The van der Waals surface area contributed by atoms with Gasteiger partial charge in [-0.15, -0.1) is 0 Å². The van der Waals surface area contributed by atoms with Gasteiger partial charge in [0.15, 0.2) is 0 Å². The highest BCUT2D eigenvalue weighted by molar-refractivity contribution is 9.10. The fourth-order valence-corrected chi connectivity index (χ4v) is 4.26. The van der Waals surface area contributed by atoms with Crippen molar-refractivity contribution in [2.75, 3.05) is 19.8 Å². The maximum absolute atomic E-state index is 10.8. The Bertz CT molecular complexity index is 471. The van der Waals surface area contributed by atoms with E-state index in [1.54, 1.807) is 0 Å². The molecule has 1 spiro atoms. The van der Waals surface area contributed by atoms with Crippen molar-refractivity contribution >= 4 is 15.9 Å². The van der Waals surface area contributed by atoms with E-state index < -0.39 is 6.10 Å². The zero-order valence-electron chi connectivity index (χ0n) is 12.5. The highest BCUT2D eigenvalue weighted by atomic mass is 79.9. The van der Waals surface area contributed by atoms with E-state index in [0.29, 0.717) is 0 Å². The molecule has 2 fully saturated rings. The summed E-state index contributed by atoms with van der Waals surface area (Å²) in [5.41, 5.74) is 2.12. The molecule has 2 aliphatic rings. The van der Waals surface area contributed by atoms with Gasteiger partial charge in [0.05, 0.1) is 11.7 Å². The maximum Gasteiger partial charge on any atom is 0.0820 e. The predicted octanol–water partition coefficient (Wildman–Crippen LogP) is 3.77. The number of aliphatic hydroxyl groups is 1. The molecule has 1 aromatic rings. The summed E-state index contributed by atoms with van der Waals surface area (Å²) in [7, 11) is 0. The molecule has 2 heterocycles. The van der Waals surface area contributed by atoms with Crippen LogP contribution in [0.4, 0.5) is 0 Å². The van der Waals surface area contributed by atoms with Gasteiger partial charge in [0.2, 0.25) is 0 Å². The first-order valence-corrected chi connectivity index (χ1v) is 8.54. The number of benzene rings is 1. The summed E-state index contributed by atoms with van der Waals surface area (Å²) in [5.74, 6) is 0.269. The molecule has 0 bridgehead atoms. The summed E-state index contributed by atoms with van der Waals surface area (Å²) < 4.78 is 12.6. The molecule has 2 atom stereocenters. The molecule has 0 saturated carbocycles. The minimum absolute atomic E-state index is 0.0663. The van der Waals surface area contributed by atoms with Gasteiger partial charge in [0.25, 0.3) is 0 Å². The number of aryl methyl sites for hydroxylation is 1. The second kappa shape index (κ2) is 6.37. The van der Waals surface area contributed by atoms with E-state index in [0.717, 1.165) is 55.5 Å². The highest BCUT2D eigenvalue weighted by Gasteiger charge is 2.41. The average molecular weight is 355 g/mol. The van der Waals surface area contributed by atoms with E-state index in [1.165, 1.54) is 5.56 Å². The van der Waals surface area contributed by atoms with E-state index in [2.05, 4.69) is 35.0 Å². The minimum atomic E-state index is -0.412. The summed E-state index contributed by atoms with van der Waals surface area (Å²) in [6.45, 7) is 4.36. The molecule has 3 rings (SSSR count). The molecule has 0 amide bonds. The maximum atomic E-state index is 10.8. The Labute approximate surface area is 134 Å². The van der Waals surface area contributed by atoms with E-state index in [1.807, 2.05) is 6.07 Å². The average Bonchev–Trinajstić information content (AvgIpc) is 2.46. The summed E-state index contributed by atoms with van der Waals surface area (Å²) in [4.78, 5) is 0. The molecule has 2 aliphatic heterocycles. The normalized spacial score (nSPS) is 26.7. The van der Waals surface area contributed by atoms with Crippen LogP contribution in [0.25, 0.3) is 0 Å². The zero-order chi connectivity index (χ0) is 14.9. The van der Waals surface area contributed by atoms with E-state index >= 15 is 0 Å². The lowest BCUT2D eigenvalue weighted by molar-refractivity contribution is -0.159. The first kappa shape index (κ1) is 15.5. The molecule has 2 unspecified atom stereocenters. The molecule has 21 heavy (non-hydrogen) atoms. The van der Waals surface area contributed by atoms with Gasteiger partial charge in [0, 0.05) is 24.3 Å². The van der Waals surface area contributed by atoms with Gasteiger partial charge < -0.3 is 14.6 Å². The van der Waals surface area contributed by atoms with Gasteiger partial charge in [-0.05, 0) is 61.8 Å². The lowest BCUT2D eigenvalue weighted by Crippen LogP contribution is -2.45. The molecular weight excluding hydrogens is 332 g/mol. The molecule has 4 heteroatoms. The summed E-state index contributed by atoms with van der Waals surface area (Å²) in [6, 6.07) is 6.19. The van der Waals surface area contributed by atoms with Gasteiger partial charge in [-0.1, -0.05) is 22.0 Å². The fourth-order valence-electron chi connectivity index (χ4n) is 3.63. The topological polar surface area (TPSA) is 38.7 Å². The van der Waals surface area contributed by atoms with Crippen LogP contribution in [0.2, 0.25) is 0 Å². The Kier molecular flexibility index (Phi) is 4.69. The standard InChI is InChI=1S/C17H23BrO3/c1-12-8-14(10-15(18)9-12)16(19)13-2-5-21-17(11-13)3-6-20-7-4-17/h8-10,13,16,19H,2-7,11H2,1H3. The van der Waals surface area contributed by atoms with Crippen molar-refractivity contribution in [1.29, 1.82) is 0 Å². The van der Waals surface area contributed by atoms with Crippen molar-refractivity contribution in [3.63, 3.8) is 0 Å². The molecular formula is C17H23BrO3. The number of hydrogen-bond donors (Lipinski definition) is 1. The Morgan fingerprint density at radius 1 is 1.24 bits per heavy atom. The highest BCUT2D eigenvalue weighted by Crippen LogP contribution is 2.42. The van der Waals surface area contributed by atoms with Gasteiger partial charge >= 0.3 is 0 Å². The first-order valence-electron chi connectivity index (χ1n) is 7.75. The van der Waals surface area contributed by atoms with Crippen LogP contribution in [0, 0.1) is 12.8 Å². The lowest BCUT2D eigenvalue weighted by atomic mass is 9.77. The Hall–Kier alpha value is -0.420. The second-order valence-electron chi connectivity index (χ2n) is 6.40. The third-order valence-electron chi connectivity index (χ3n) is 4.79. The fraction of sp³-hybridized carbons (Fsp3) is 0.647. The zero-order valence-corrected chi connectivity index (χ0v) is 14.1. The predicted molar refractivity (Wildman–Crippen MR) is 85.3 cm³/mol. The molecule has 1 aromatic carbocycles. The van der Waals surface area contributed by atoms with Crippen LogP contribution >= 0.6 is 15.9 Å². The van der Waals surface area contributed by atoms with E-state index in [-0.39, 0.29) is 11.5 Å². The third-order valence-corrected chi connectivity index (χ3v) is 5.25. The van der Waals surface area contributed by atoms with Gasteiger partial charge in [0.1, 0.15) is 0 Å². The van der Waals surface area contributed by atoms with Crippen molar-refractivity contribution in [3.05, 3.63) is 33.8 Å². The first-order chi connectivity index (χ1) is 10.1. The number of rotatable bonds is 2. The molecule has 2 saturated heterocycles. The molecule has 0 aliphatic carbocycles. The smallest absolute Gasteiger partial charge is 0.0820 e. The number of ether oxygens (including phenoxy) is 2. The molecule has 0 radical (unpaired) electrons. The van der Waals surface area contributed by atoms with Crippen LogP contribution < -0.4 is 0 Å². The van der Waals surface area contributed by atoms with Crippen LogP contribution in [0.15, 0.2) is 22.7 Å². The number of aliphatic hydroxyl groups excluding tert-OH is 1. The van der Waals surface area contributed by atoms with E-state index in [4.69, 9.17) is 9.47 Å². The Morgan fingerprint density at radius 2 is 2.00 bits per heavy atom. The van der Waals surface area contributed by atoms with Crippen LogP contribution in [0.1, 0.15) is 42.9 Å². The lowest BCUT2D eigenvalue weighted by Gasteiger charge is -2.44. The number of halogens is 1. The van der Waals surface area contributed by atoms with E-state index in [9.17, 15) is 5.11 Å². The van der Waals surface area contributed by atoms with Gasteiger partial charge in [-0.25, -0.2) is 0 Å². The molecule has 116 valence electrons. The largest absolute Gasteiger partial charge is 0.388 e. The minimum Gasteiger partial charge on any atom is -0.388 e. The molecule has 0 aromatic heterocycles. The van der Waals surface area contributed by atoms with Crippen LogP contribution in [0.3, 0.4) is 0 Å². The van der Waals surface area contributed by atoms with Crippen molar-refractivity contribution in [2.45, 2.75) is 44.3 Å². The third kappa shape index (κ3) is 3.50. The molecule has 1 N–H and O–H groups in total. The SMILES string of the molecule is Cc1cc(Br)cc(C(O)C2CCOC3(CCOCC3)C2)c1. The van der Waals surface area contributed by atoms with Gasteiger partial charge in [-0.3, -0.25) is 0 Å². The van der Waals surface area contributed by atoms with Crippen LogP contribution in [-0.2, 0) is 9.47 Å². The van der Waals surface area contributed by atoms with Gasteiger partial charge in [-0.2, -0.15) is 0 Å². The number of hydrogen-bond acceptors (Lipinski definition) is 3. The summed E-state index contributed by atoms with van der Waals surface area (Å²) >= 11 is 3.52. The van der Waals surface area contributed by atoms with Crippen LogP contribution in [0.5, 0.6) is 0 Å². The summed E-state index contributed by atoms with van der Waals surface area (Å²) in [6.07, 6.45) is 3.35. The van der Waals surface area contributed by atoms with Crippen molar-refractivity contribution < 1.29 is 14.6 Å². The second-order valence-corrected chi connectivity index (χ2v) is 7.32. The van der Waals surface area contributed by atoms with Crippen molar-refractivity contribution in [1.82, 2.24) is 0 Å². The van der Waals surface area contributed by atoms with Crippen molar-refractivity contribution in [2.24, 2.45) is 5.92 Å². The molecule has 3 nitrogen and oxygen atoms in total. The Morgan fingerprint density at radius 3 is 2.71 bits per heavy atom. The van der Waals surface area contributed by atoms with Crippen LogP contribution in [-0.4, -0.2) is 30.5 Å².